The van der Waals surface area contributed by atoms with E-state index in [1.54, 1.807) is 18.2 Å². The summed E-state index contributed by atoms with van der Waals surface area (Å²) in [5.74, 6) is -0.452. The fraction of sp³-hybridized carbons (Fsp3) is 0.143. The molecule has 0 saturated heterocycles. The molecule has 1 aromatic rings. The summed E-state index contributed by atoms with van der Waals surface area (Å²) in [4.78, 5) is 14.9. The number of fused-ring (bicyclic) bond motifs is 1. The molecule has 1 aliphatic heterocycles. The van der Waals surface area contributed by atoms with E-state index in [0.717, 1.165) is 6.07 Å². The molecule has 108 valence electrons. The van der Waals surface area contributed by atoms with Gasteiger partial charge in [0.2, 0.25) is 0 Å². The summed E-state index contributed by atoms with van der Waals surface area (Å²) in [6, 6.07) is 3.29. The van der Waals surface area contributed by atoms with Crippen molar-refractivity contribution in [2.45, 2.75) is 12.1 Å². The lowest BCUT2D eigenvalue weighted by atomic mass is 9.91. The standard InChI is InChI=1S/C14H8ClF3N2O/c15-12-8(2-1-3-9(12)14(16,17)18)7-4-5-10-11(6-7)20-13(21)19-10/h1-7H,(H,20,21). The molecule has 2 amide bonds. The number of amides is 2. The summed E-state index contributed by atoms with van der Waals surface area (Å²) in [5, 5.41) is 2.19. The molecule has 0 aromatic heterocycles. The minimum absolute atomic E-state index is 0.329. The Hall–Kier alpha value is -2.08. The molecule has 2 aliphatic rings. The molecule has 1 aliphatic carbocycles. The Morgan fingerprint density at radius 2 is 2.05 bits per heavy atom. The van der Waals surface area contributed by atoms with Crippen LogP contribution >= 0.6 is 11.6 Å². The summed E-state index contributed by atoms with van der Waals surface area (Å²) < 4.78 is 38.6. The quantitative estimate of drug-likeness (QED) is 0.834. The van der Waals surface area contributed by atoms with E-state index in [0.29, 0.717) is 17.0 Å². The Morgan fingerprint density at radius 3 is 2.76 bits per heavy atom. The molecule has 0 fully saturated rings. The number of halogens is 4. The van der Waals surface area contributed by atoms with Crippen molar-refractivity contribution in [2.75, 3.05) is 0 Å². The van der Waals surface area contributed by atoms with Crippen LogP contribution in [0.2, 0.25) is 5.02 Å². The first-order valence-electron chi connectivity index (χ1n) is 6.02. The van der Waals surface area contributed by atoms with Crippen LogP contribution in [0.1, 0.15) is 17.0 Å². The summed E-state index contributed by atoms with van der Waals surface area (Å²) in [7, 11) is 0. The maximum atomic E-state index is 12.9. The third-order valence-electron chi connectivity index (χ3n) is 3.24. The van der Waals surface area contributed by atoms with Gasteiger partial charge in [-0.2, -0.15) is 18.2 Å². The molecule has 7 heteroatoms. The smallest absolute Gasteiger partial charge is 0.304 e. The lowest BCUT2D eigenvalue weighted by Crippen LogP contribution is -2.17. The van der Waals surface area contributed by atoms with E-state index in [-0.39, 0.29) is 5.02 Å². The maximum Gasteiger partial charge on any atom is 0.417 e. The van der Waals surface area contributed by atoms with Crippen molar-refractivity contribution in [3.63, 3.8) is 0 Å². The fourth-order valence-electron chi connectivity index (χ4n) is 2.28. The van der Waals surface area contributed by atoms with Crippen LogP contribution in [0.5, 0.6) is 0 Å². The van der Waals surface area contributed by atoms with Crippen LogP contribution in [0.4, 0.5) is 18.0 Å². The highest BCUT2D eigenvalue weighted by Crippen LogP contribution is 2.39. The minimum Gasteiger partial charge on any atom is -0.304 e. The summed E-state index contributed by atoms with van der Waals surface area (Å²) in [6.07, 6.45) is 0.371. The van der Waals surface area contributed by atoms with Gasteiger partial charge in [-0.05, 0) is 23.8 Å². The molecule has 0 saturated carbocycles. The third-order valence-corrected chi connectivity index (χ3v) is 3.66. The predicted octanol–water partition coefficient (Wildman–Crippen LogP) is 4.06. The van der Waals surface area contributed by atoms with Gasteiger partial charge in [0.1, 0.15) is 0 Å². The third kappa shape index (κ3) is 2.47. The molecule has 1 N–H and O–H groups in total. The highest BCUT2D eigenvalue weighted by atomic mass is 35.5. The molecule has 3 nitrogen and oxygen atoms in total. The molecule has 3 rings (SSSR count). The van der Waals surface area contributed by atoms with Gasteiger partial charge in [0.25, 0.3) is 0 Å². The minimum atomic E-state index is -4.51. The van der Waals surface area contributed by atoms with Crippen LogP contribution in [0, 0.1) is 0 Å². The van der Waals surface area contributed by atoms with Crippen LogP contribution in [-0.2, 0) is 6.18 Å². The van der Waals surface area contributed by atoms with Crippen molar-refractivity contribution in [3.05, 3.63) is 58.3 Å². The second-order valence-corrected chi connectivity index (χ2v) is 4.98. The molecule has 0 radical (unpaired) electrons. The van der Waals surface area contributed by atoms with Gasteiger partial charge < -0.3 is 5.32 Å². The zero-order valence-electron chi connectivity index (χ0n) is 10.4. The van der Waals surface area contributed by atoms with Crippen LogP contribution in [0.25, 0.3) is 0 Å². The number of urea groups is 1. The van der Waals surface area contributed by atoms with E-state index in [2.05, 4.69) is 10.3 Å². The number of alkyl halides is 3. The number of nitrogens with zero attached hydrogens (tertiary/aromatic N) is 1. The van der Waals surface area contributed by atoms with Crippen molar-refractivity contribution in [3.8, 4) is 0 Å². The van der Waals surface area contributed by atoms with Gasteiger partial charge in [-0.1, -0.05) is 29.8 Å². The van der Waals surface area contributed by atoms with Gasteiger partial charge in [-0.3, -0.25) is 0 Å². The normalized spacial score (nSPS) is 20.8. The number of carbonyl (C=O) groups is 1. The lowest BCUT2D eigenvalue weighted by Gasteiger charge is -2.18. The van der Waals surface area contributed by atoms with Crippen LogP contribution in [0.15, 0.2) is 47.1 Å². The molecule has 1 aromatic carbocycles. The largest absolute Gasteiger partial charge is 0.417 e. The molecule has 21 heavy (non-hydrogen) atoms. The molecular formula is C14H8ClF3N2O. The number of carbonyl (C=O) groups excluding carboxylic acids is 1. The highest BCUT2D eigenvalue weighted by molar-refractivity contribution is 6.32. The van der Waals surface area contributed by atoms with E-state index in [1.165, 1.54) is 12.1 Å². The number of nitrogens with one attached hydrogen (secondary N) is 1. The molecule has 0 bridgehead atoms. The molecule has 1 heterocycles. The first-order valence-corrected chi connectivity index (χ1v) is 6.40. The summed E-state index contributed by atoms with van der Waals surface area (Å²) in [6.45, 7) is 0. The van der Waals surface area contributed by atoms with Crippen molar-refractivity contribution in [1.29, 1.82) is 0 Å². The highest BCUT2D eigenvalue weighted by Gasteiger charge is 2.34. The number of rotatable bonds is 1. The van der Waals surface area contributed by atoms with Gasteiger partial charge in [0.05, 0.1) is 22.0 Å². The molecule has 1 atom stereocenters. The van der Waals surface area contributed by atoms with E-state index in [9.17, 15) is 18.0 Å². The number of aliphatic imine (C=N–C) groups is 1. The Labute approximate surface area is 122 Å². The Bertz CT molecular complexity index is 719. The molecule has 1 unspecified atom stereocenters. The number of hydrogen-bond acceptors (Lipinski definition) is 1. The fourth-order valence-corrected chi connectivity index (χ4v) is 2.64. The lowest BCUT2D eigenvalue weighted by molar-refractivity contribution is -0.137. The Balaban J connectivity index is 2.02. The Morgan fingerprint density at radius 1 is 1.29 bits per heavy atom. The van der Waals surface area contributed by atoms with Gasteiger partial charge in [0.15, 0.2) is 0 Å². The van der Waals surface area contributed by atoms with Crippen molar-refractivity contribution >= 4 is 23.3 Å². The Kier molecular flexibility index (Phi) is 3.13. The first kappa shape index (κ1) is 13.9. The summed E-state index contributed by atoms with van der Waals surface area (Å²) >= 11 is 5.90. The average molecular weight is 313 g/mol. The summed E-state index contributed by atoms with van der Waals surface area (Å²) in [5.41, 5.74) is 0.416. The monoisotopic (exact) mass is 312 g/mol. The number of allylic oxidation sites excluding steroid dienone is 3. The van der Waals surface area contributed by atoms with Crippen LogP contribution in [-0.4, -0.2) is 11.7 Å². The van der Waals surface area contributed by atoms with Gasteiger partial charge in [0, 0.05) is 5.92 Å². The van der Waals surface area contributed by atoms with Crippen molar-refractivity contribution in [2.24, 2.45) is 4.99 Å². The topological polar surface area (TPSA) is 41.5 Å². The zero-order valence-corrected chi connectivity index (χ0v) is 11.2. The van der Waals surface area contributed by atoms with E-state index < -0.39 is 23.7 Å². The van der Waals surface area contributed by atoms with Gasteiger partial charge in [-0.25, -0.2) is 4.79 Å². The maximum absolute atomic E-state index is 12.9. The van der Waals surface area contributed by atoms with E-state index in [4.69, 9.17) is 11.6 Å². The van der Waals surface area contributed by atoms with Crippen LogP contribution in [0.3, 0.4) is 0 Å². The predicted molar refractivity (Wildman–Crippen MR) is 72.4 cm³/mol. The van der Waals surface area contributed by atoms with Gasteiger partial charge in [-0.15, -0.1) is 0 Å². The molecular weight excluding hydrogens is 305 g/mol. The van der Waals surface area contributed by atoms with Gasteiger partial charge >= 0.3 is 12.2 Å². The number of hydrogen-bond donors (Lipinski definition) is 1. The SMILES string of the molecule is O=C1N=C2C=CC(c3cccc(C(F)(F)F)c3Cl)C=C2N1. The zero-order chi connectivity index (χ0) is 15.2. The van der Waals surface area contributed by atoms with E-state index in [1.807, 2.05) is 0 Å². The van der Waals surface area contributed by atoms with Crippen molar-refractivity contribution in [1.82, 2.24) is 5.32 Å². The first-order chi connectivity index (χ1) is 9.86. The second kappa shape index (κ2) is 4.73. The second-order valence-electron chi connectivity index (χ2n) is 4.60. The van der Waals surface area contributed by atoms with Crippen molar-refractivity contribution < 1.29 is 18.0 Å². The van der Waals surface area contributed by atoms with Crippen LogP contribution < -0.4 is 5.32 Å². The average Bonchev–Trinajstić information content (AvgIpc) is 2.76. The van der Waals surface area contributed by atoms with E-state index >= 15 is 0 Å². The molecule has 0 spiro atoms. The number of benzene rings is 1.